The van der Waals surface area contributed by atoms with Gasteiger partial charge in [0.2, 0.25) is 5.91 Å². The van der Waals surface area contributed by atoms with Gasteiger partial charge in [-0.25, -0.2) is 0 Å². The average molecular weight is 399 g/mol. The van der Waals surface area contributed by atoms with Crippen molar-refractivity contribution in [1.82, 2.24) is 15.1 Å². The van der Waals surface area contributed by atoms with Gasteiger partial charge in [0.05, 0.1) is 4.92 Å². The zero-order chi connectivity index (χ0) is 21.0. The van der Waals surface area contributed by atoms with Crippen LogP contribution in [-0.4, -0.2) is 33.7 Å². The molecule has 1 aromatic carbocycles. The van der Waals surface area contributed by atoms with Crippen molar-refractivity contribution in [1.29, 1.82) is 0 Å². The molecule has 1 aromatic heterocycles. The number of anilines is 1. The monoisotopic (exact) mass is 399 g/mol. The maximum absolute atomic E-state index is 12.3. The van der Waals surface area contributed by atoms with Gasteiger partial charge in [0.1, 0.15) is 17.9 Å². The molecule has 8 nitrogen and oxygen atoms in total. The number of carbonyl (C=O) groups excluding carboxylic acids is 1. The van der Waals surface area contributed by atoms with Crippen LogP contribution in [0.4, 0.5) is 11.4 Å². The molecule has 1 heterocycles. The molecule has 0 radical (unpaired) electrons. The Balaban J connectivity index is 1.54. The zero-order valence-corrected chi connectivity index (χ0v) is 17.4. The number of amides is 1. The lowest BCUT2D eigenvalue weighted by molar-refractivity contribution is -0.386. The topological polar surface area (TPSA) is 93.3 Å². The first kappa shape index (κ1) is 20.8. The molecule has 0 saturated heterocycles. The molecule has 8 heteroatoms. The lowest BCUT2D eigenvalue weighted by Crippen LogP contribution is -2.33. The van der Waals surface area contributed by atoms with E-state index >= 15 is 0 Å². The predicted octanol–water partition coefficient (Wildman–Crippen LogP) is 3.49. The van der Waals surface area contributed by atoms with Crippen molar-refractivity contribution in [3.05, 3.63) is 51.3 Å². The Labute approximate surface area is 171 Å². The van der Waals surface area contributed by atoms with Crippen molar-refractivity contribution >= 4 is 17.3 Å². The number of nitrogens with one attached hydrogen (secondary N) is 1. The summed E-state index contributed by atoms with van der Waals surface area (Å²) in [6.07, 6.45) is 6.45. The number of aryl methyl sites for hydroxylation is 1. The summed E-state index contributed by atoms with van der Waals surface area (Å²) in [6, 6.07) is 8.87. The third-order valence-corrected chi connectivity index (χ3v) is 5.77. The molecule has 0 aliphatic heterocycles. The first-order chi connectivity index (χ1) is 13.9. The van der Waals surface area contributed by atoms with Gasteiger partial charge in [-0.05, 0) is 44.4 Å². The fourth-order valence-electron chi connectivity index (χ4n) is 4.03. The highest BCUT2D eigenvalue weighted by Crippen LogP contribution is 2.26. The molecule has 0 atom stereocenters. The van der Waals surface area contributed by atoms with E-state index in [1.807, 2.05) is 12.1 Å². The zero-order valence-electron chi connectivity index (χ0n) is 17.4. The maximum atomic E-state index is 12.3. The van der Waals surface area contributed by atoms with Gasteiger partial charge in [-0.3, -0.25) is 19.6 Å². The maximum Gasteiger partial charge on any atom is 0.312 e. The summed E-state index contributed by atoms with van der Waals surface area (Å²) in [4.78, 5) is 25.2. The summed E-state index contributed by atoms with van der Waals surface area (Å²) in [5.74, 6) is -0.228. The number of aromatic nitrogens is 2. The van der Waals surface area contributed by atoms with Gasteiger partial charge >= 0.3 is 5.69 Å². The fourth-order valence-corrected chi connectivity index (χ4v) is 4.03. The molecule has 2 aromatic rings. The van der Waals surface area contributed by atoms with E-state index in [4.69, 9.17) is 0 Å². The standard InChI is InChI=1S/C21H29N5O3/c1-15-21(26(28)29)16(2)25(23-15)14-20(27)22-13-17-9-11-19(12-10-17)24(3)18-7-5-4-6-8-18/h9-12,18H,4-8,13-14H2,1-3H3,(H,22,27). The van der Waals surface area contributed by atoms with Crippen LogP contribution in [0.2, 0.25) is 0 Å². The van der Waals surface area contributed by atoms with Crippen LogP contribution >= 0.6 is 0 Å². The Kier molecular flexibility index (Phi) is 6.51. The van der Waals surface area contributed by atoms with Crippen LogP contribution in [0.1, 0.15) is 49.1 Å². The van der Waals surface area contributed by atoms with Crippen LogP contribution < -0.4 is 10.2 Å². The average Bonchev–Trinajstić information content (AvgIpc) is 3.00. The van der Waals surface area contributed by atoms with Crippen molar-refractivity contribution in [2.75, 3.05) is 11.9 Å². The van der Waals surface area contributed by atoms with Crippen molar-refractivity contribution in [2.45, 2.75) is 65.1 Å². The summed E-state index contributed by atoms with van der Waals surface area (Å²) in [5.41, 5.74) is 2.88. The largest absolute Gasteiger partial charge is 0.372 e. The first-order valence-corrected chi connectivity index (χ1v) is 10.1. The van der Waals surface area contributed by atoms with Crippen LogP contribution in [0.25, 0.3) is 0 Å². The highest BCUT2D eigenvalue weighted by atomic mass is 16.6. The van der Waals surface area contributed by atoms with Gasteiger partial charge in [0.15, 0.2) is 0 Å². The minimum atomic E-state index is -0.460. The first-order valence-electron chi connectivity index (χ1n) is 10.1. The van der Waals surface area contributed by atoms with E-state index in [0.717, 1.165) is 5.56 Å². The van der Waals surface area contributed by atoms with E-state index in [0.29, 0.717) is 24.0 Å². The van der Waals surface area contributed by atoms with E-state index in [9.17, 15) is 14.9 Å². The Hall–Kier alpha value is -2.90. The minimum absolute atomic E-state index is 0.0320. The molecule has 1 aliphatic rings. The number of hydrogen-bond donors (Lipinski definition) is 1. The highest BCUT2D eigenvalue weighted by Gasteiger charge is 2.22. The Bertz CT molecular complexity index is 869. The summed E-state index contributed by atoms with van der Waals surface area (Å²) in [7, 11) is 2.15. The number of hydrogen-bond acceptors (Lipinski definition) is 5. The van der Waals surface area contributed by atoms with Crippen molar-refractivity contribution < 1.29 is 9.72 Å². The molecule has 0 unspecified atom stereocenters. The van der Waals surface area contributed by atoms with Crippen molar-refractivity contribution in [3.63, 3.8) is 0 Å². The van der Waals surface area contributed by atoms with Gasteiger partial charge in [-0.15, -0.1) is 0 Å². The lowest BCUT2D eigenvalue weighted by atomic mass is 9.94. The molecule has 3 rings (SSSR count). The fraction of sp³-hybridized carbons (Fsp3) is 0.524. The van der Waals surface area contributed by atoms with Gasteiger partial charge in [0, 0.05) is 25.3 Å². The van der Waals surface area contributed by atoms with Crippen LogP contribution in [0.3, 0.4) is 0 Å². The molecule has 1 amide bonds. The second-order valence-electron chi connectivity index (χ2n) is 7.78. The van der Waals surface area contributed by atoms with Gasteiger partial charge < -0.3 is 10.2 Å². The van der Waals surface area contributed by atoms with E-state index in [2.05, 4.69) is 34.5 Å². The van der Waals surface area contributed by atoms with Crippen LogP contribution in [0, 0.1) is 24.0 Å². The molecule has 1 fully saturated rings. The van der Waals surface area contributed by atoms with Gasteiger partial charge in [0.25, 0.3) is 0 Å². The minimum Gasteiger partial charge on any atom is -0.372 e. The van der Waals surface area contributed by atoms with E-state index < -0.39 is 4.92 Å². The molecular weight excluding hydrogens is 370 g/mol. The normalized spacial score (nSPS) is 14.6. The van der Waals surface area contributed by atoms with E-state index in [-0.39, 0.29) is 18.1 Å². The van der Waals surface area contributed by atoms with Crippen molar-refractivity contribution in [2.24, 2.45) is 0 Å². The number of benzene rings is 1. The summed E-state index contributed by atoms with van der Waals surface area (Å²) >= 11 is 0. The lowest BCUT2D eigenvalue weighted by Gasteiger charge is -2.33. The van der Waals surface area contributed by atoms with Crippen LogP contribution in [0.5, 0.6) is 0 Å². The second kappa shape index (κ2) is 9.07. The number of nitro groups is 1. The van der Waals surface area contributed by atoms with Crippen LogP contribution in [-0.2, 0) is 17.9 Å². The molecule has 29 heavy (non-hydrogen) atoms. The molecule has 0 spiro atoms. The third kappa shape index (κ3) is 4.93. The summed E-state index contributed by atoms with van der Waals surface area (Å²) < 4.78 is 1.38. The molecule has 156 valence electrons. The SMILES string of the molecule is Cc1nn(CC(=O)NCc2ccc(N(C)C3CCCCC3)cc2)c(C)c1[N+](=O)[O-]. The van der Waals surface area contributed by atoms with E-state index in [1.165, 1.54) is 42.5 Å². The molecule has 0 bridgehead atoms. The Morgan fingerprint density at radius 1 is 1.24 bits per heavy atom. The predicted molar refractivity (Wildman–Crippen MR) is 112 cm³/mol. The number of nitrogens with zero attached hydrogens (tertiary/aromatic N) is 4. The summed E-state index contributed by atoms with van der Waals surface area (Å²) in [6.45, 7) is 3.55. The second-order valence-corrected chi connectivity index (χ2v) is 7.78. The number of rotatable bonds is 7. The van der Waals surface area contributed by atoms with Crippen LogP contribution in [0.15, 0.2) is 24.3 Å². The molecular formula is C21H29N5O3. The van der Waals surface area contributed by atoms with Gasteiger partial charge in [-0.1, -0.05) is 31.4 Å². The molecule has 1 N–H and O–H groups in total. The molecule has 1 saturated carbocycles. The van der Waals surface area contributed by atoms with Crippen molar-refractivity contribution in [3.8, 4) is 0 Å². The van der Waals surface area contributed by atoms with E-state index in [1.54, 1.807) is 13.8 Å². The highest BCUT2D eigenvalue weighted by molar-refractivity contribution is 5.75. The smallest absolute Gasteiger partial charge is 0.312 e. The third-order valence-electron chi connectivity index (χ3n) is 5.77. The number of carbonyl (C=O) groups is 1. The van der Waals surface area contributed by atoms with Gasteiger partial charge in [-0.2, -0.15) is 5.10 Å². The quantitative estimate of drug-likeness (QED) is 0.568. The Morgan fingerprint density at radius 2 is 1.90 bits per heavy atom. The molecule has 1 aliphatic carbocycles. The Morgan fingerprint density at radius 3 is 2.48 bits per heavy atom. The summed E-state index contributed by atoms with van der Waals surface area (Å²) in [5, 5.41) is 18.0.